The smallest absolute Gasteiger partial charge is 0.00475 e. The van der Waals surface area contributed by atoms with E-state index in [-0.39, 0.29) is 0 Å². The Morgan fingerprint density at radius 1 is 1.16 bits per heavy atom. The van der Waals surface area contributed by atoms with Crippen molar-refractivity contribution in [3.05, 3.63) is 0 Å². The zero-order valence-corrected chi connectivity index (χ0v) is 13.8. The lowest BCUT2D eigenvalue weighted by Crippen LogP contribution is -2.42. The molecule has 0 aliphatic carbocycles. The molecule has 2 unspecified atom stereocenters. The molecule has 0 bridgehead atoms. The molecule has 1 heterocycles. The van der Waals surface area contributed by atoms with Gasteiger partial charge in [-0.05, 0) is 56.7 Å². The van der Waals surface area contributed by atoms with Crippen LogP contribution in [0.3, 0.4) is 0 Å². The number of nitrogens with zero attached hydrogens (tertiary/aromatic N) is 1. The lowest BCUT2D eigenvalue weighted by Gasteiger charge is -2.35. The van der Waals surface area contributed by atoms with Crippen LogP contribution in [0.2, 0.25) is 0 Å². The zero-order valence-electron chi connectivity index (χ0n) is 13.8. The van der Waals surface area contributed by atoms with Crippen molar-refractivity contribution >= 4 is 0 Å². The normalized spacial score (nSPS) is 24.9. The molecule has 1 saturated heterocycles. The molecule has 0 amide bonds. The van der Waals surface area contributed by atoms with Gasteiger partial charge in [-0.15, -0.1) is 0 Å². The van der Waals surface area contributed by atoms with Crippen molar-refractivity contribution in [2.75, 3.05) is 32.7 Å². The van der Waals surface area contributed by atoms with Crippen LogP contribution < -0.4 is 5.32 Å². The SMILES string of the molecule is CCCC(C)(CNCC)CN1CCCC(CC)CC1. The minimum Gasteiger partial charge on any atom is -0.316 e. The quantitative estimate of drug-likeness (QED) is 0.718. The maximum Gasteiger partial charge on any atom is 0.00475 e. The highest BCUT2D eigenvalue weighted by molar-refractivity contribution is 4.82. The Bertz CT molecular complexity index is 229. The van der Waals surface area contributed by atoms with Gasteiger partial charge in [0, 0.05) is 13.1 Å². The van der Waals surface area contributed by atoms with Crippen molar-refractivity contribution in [3.63, 3.8) is 0 Å². The summed E-state index contributed by atoms with van der Waals surface area (Å²) in [7, 11) is 0. The van der Waals surface area contributed by atoms with E-state index in [1.165, 1.54) is 64.7 Å². The molecular weight excluding hydrogens is 232 g/mol. The Kier molecular flexibility index (Phi) is 8.01. The summed E-state index contributed by atoms with van der Waals surface area (Å²) in [5.74, 6) is 0.983. The van der Waals surface area contributed by atoms with Gasteiger partial charge in [-0.1, -0.05) is 40.5 Å². The van der Waals surface area contributed by atoms with Gasteiger partial charge in [-0.2, -0.15) is 0 Å². The van der Waals surface area contributed by atoms with E-state index < -0.39 is 0 Å². The molecule has 1 N–H and O–H groups in total. The van der Waals surface area contributed by atoms with E-state index in [2.05, 4.69) is 37.9 Å². The second-order valence-corrected chi connectivity index (χ2v) is 6.82. The summed E-state index contributed by atoms with van der Waals surface area (Å²) in [5.41, 5.74) is 0.455. The first-order chi connectivity index (χ1) is 9.13. The first kappa shape index (κ1) is 17.0. The monoisotopic (exact) mass is 268 g/mol. The summed E-state index contributed by atoms with van der Waals surface area (Å²) < 4.78 is 0. The van der Waals surface area contributed by atoms with Crippen LogP contribution in [0, 0.1) is 11.3 Å². The zero-order chi connectivity index (χ0) is 14.1. The van der Waals surface area contributed by atoms with Crippen LogP contribution in [-0.2, 0) is 0 Å². The maximum absolute atomic E-state index is 3.57. The van der Waals surface area contributed by atoms with Crippen molar-refractivity contribution in [3.8, 4) is 0 Å². The van der Waals surface area contributed by atoms with Crippen molar-refractivity contribution in [1.29, 1.82) is 0 Å². The average molecular weight is 268 g/mol. The number of likely N-dealkylation sites (tertiary alicyclic amines) is 1. The van der Waals surface area contributed by atoms with Crippen molar-refractivity contribution in [2.45, 2.75) is 66.2 Å². The van der Waals surface area contributed by atoms with E-state index in [0.717, 1.165) is 12.5 Å². The summed E-state index contributed by atoms with van der Waals surface area (Å²) in [5, 5.41) is 3.57. The molecule has 114 valence electrons. The van der Waals surface area contributed by atoms with Gasteiger partial charge in [0.25, 0.3) is 0 Å². The van der Waals surface area contributed by atoms with E-state index in [0.29, 0.717) is 5.41 Å². The molecule has 1 fully saturated rings. The van der Waals surface area contributed by atoms with Gasteiger partial charge in [0.05, 0.1) is 0 Å². The highest BCUT2D eigenvalue weighted by Crippen LogP contribution is 2.27. The van der Waals surface area contributed by atoms with E-state index in [4.69, 9.17) is 0 Å². The fourth-order valence-electron chi connectivity index (χ4n) is 3.58. The summed E-state index contributed by atoms with van der Waals surface area (Å²) in [4.78, 5) is 2.74. The number of hydrogen-bond acceptors (Lipinski definition) is 2. The second-order valence-electron chi connectivity index (χ2n) is 6.82. The van der Waals surface area contributed by atoms with Crippen LogP contribution >= 0.6 is 0 Å². The van der Waals surface area contributed by atoms with Gasteiger partial charge < -0.3 is 10.2 Å². The highest BCUT2D eigenvalue weighted by Gasteiger charge is 2.27. The standard InChI is InChI=1S/C17H36N2/c1-5-11-17(4,14-18-7-3)15-19-12-8-9-16(6-2)10-13-19/h16,18H,5-15H2,1-4H3. The van der Waals surface area contributed by atoms with E-state index in [9.17, 15) is 0 Å². The molecule has 0 aromatic heterocycles. The number of rotatable bonds is 8. The van der Waals surface area contributed by atoms with Crippen LogP contribution in [0.15, 0.2) is 0 Å². The van der Waals surface area contributed by atoms with Crippen LogP contribution in [0.4, 0.5) is 0 Å². The van der Waals surface area contributed by atoms with E-state index >= 15 is 0 Å². The molecule has 1 rings (SSSR count). The lowest BCUT2D eigenvalue weighted by atomic mass is 9.84. The predicted molar refractivity (Wildman–Crippen MR) is 85.6 cm³/mol. The molecule has 19 heavy (non-hydrogen) atoms. The van der Waals surface area contributed by atoms with Gasteiger partial charge in [-0.25, -0.2) is 0 Å². The molecule has 1 aliphatic rings. The molecule has 0 radical (unpaired) electrons. The molecule has 0 aromatic carbocycles. The molecule has 2 atom stereocenters. The van der Waals surface area contributed by atoms with Crippen LogP contribution in [0.25, 0.3) is 0 Å². The molecule has 1 aliphatic heterocycles. The average Bonchev–Trinajstić information content (AvgIpc) is 2.62. The minimum atomic E-state index is 0.455. The third-order valence-electron chi connectivity index (χ3n) is 4.78. The van der Waals surface area contributed by atoms with Gasteiger partial charge in [0.15, 0.2) is 0 Å². The van der Waals surface area contributed by atoms with Crippen molar-refractivity contribution in [1.82, 2.24) is 10.2 Å². The highest BCUT2D eigenvalue weighted by atomic mass is 15.1. The maximum atomic E-state index is 3.57. The van der Waals surface area contributed by atoms with Gasteiger partial charge >= 0.3 is 0 Å². The fourth-order valence-corrected chi connectivity index (χ4v) is 3.58. The summed E-state index contributed by atoms with van der Waals surface area (Å²) in [6.45, 7) is 15.6. The van der Waals surface area contributed by atoms with Crippen LogP contribution in [-0.4, -0.2) is 37.6 Å². The molecule has 0 aromatic rings. The Hall–Kier alpha value is -0.0800. The van der Waals surface area contributed by atoms with Gasteiger partial charge in [0.1, 0.15) is 0 Å². The first-order valence-corrected chi connectivity index (χ1v) is 8.56. The summed E-state index contributed by atoms with van der Waals surface area (Å²) >= 11 is 0. The molecule has 0 saturated carbocycles. The minimum absolute atomic E-state index is 0.455. The van der Waals surface area contributed by atoms with Gasteiger partial charge in [0.2, 0.25) is 0 Å². The largest absolute Gasteiger partial charge is 0.316 e. The molecular formula is C17H36N2. The second kappa shape index (κ2) is 8.97. The Morgan fingerprint density at radius 2 is 1.95 bits per heavy atom. The predicted octanol–water partition coefficient (Wildman–Crippen LogP) is 3.91. The number of nitrogens with one attached hydrogen (secondary N) is 1. The molecule has 2 nitrogen and oxygen atoms in total. The van der Waals surface area contributed by atoms with E-state index in [1.54, 1.807) is 0 Å². The Morgan fingerprint density at radius 3 is 2.58 bits per heavy atom. The van der Waals surface area contributed by atoms with Crippen molar-refractivity contribution in [2.24, 2.45) is 11.3 Å². The third kappa shape index (κ3) is 6.27. The Labute approximate surface area is 121 Å². The van der Waals surface area contributed by atoms with Gasteiger partial charge in [-0.3, -0.25) is 0 Å². The fraction of sp³-hybridized carbons (Fsp3) is 1.00. The van der Waals surface area contributed by atoms with E-state index in [1.807, 2.05) is 0 Å². The van der Waals surface area contributed by atoms with Crippen LogP contribution in [0.5, 0.6) is 0 Å². The number of hydrogen-bond donors (Lipinski definition) is 1. The topological polar surface area (TPSA) is 15.3 Å². The van der Waals surface area contributed by atoms with Crippen LogP contribution in [0.1, 0.15) is 66.2 Å². The third-order valence-corrected chi connectivity index (χ3v) is 4.78. The summed E-state index contributed by atoms with van der Waals surface area (Å²) in [6.07, 6.45) is 8.28. The lowest BCUT2D eigenvalue weighted by molar-refractivity contribution is 0.152. The first-order valence-electron chi connectivity index (χ1n) is 8.56. The van der Waals surface area contributed by atoms with Crippen molar-refractivity contribution < 1.29 is 0 Å². The Balaban J connectivity index is 2.48. The molecule has 2 heteroatoms. The molecule has 0 spiro atoms. The summed E-state index contributed by atoms with van der Waals surface area (Å²) in [6, 6.07) is 0.